The Morgan fingerprint density at radius 3 is 2.20 bits per heavy atom. The molecule has 0 saturated heterocycles. The third-order valence-electron chi connectivity index (χ3n) is 0.907. The molecule has 0 spiro atoms. The van der Waals surface area contributed by atoms with E-state index < -0.39 is 0 Å². The number of rotatable bonds is 3. The minimum absolute atomic E-state index is 1.07. The Bertz CT molecular complexity index is 168. The van der Waals surface area contributed by atoms with Gasteiger partial charge in [0.05, 0.1) is 0 Å². The first-order valence-electron chi connectivity index (χ1n) is 3.39. The summed E-state index contributed by atoms with van der Waals surface area (Å²) in [4.78, 5) is 0. The summed E-state index contributed by atoms with van der Waals surface area (Å²) in [6.45, 7) is 7.70. The number of hydrogen-bond acceptors (Lipinski definition) is 0. The zero-order chi connectivity index (χ0) is 7.82. The molecule has 0 bridgehead atoms. The molecule has 0 fully saturated rings. The third-order valence-corrected chi connectivity index (χ3v) is 0.907. The van der Waals surface area contributed by atoms with Crippen molar-refractivity contribution in [1.29, 1.82) is 0 Å². The van der Waals surface area contributed by atoms with Crippen molar-refractivity contribution in [3.63, 3.8) is 0 Å². The number of allylic oxidation sites excluding steroid dienone is 7. The highest BCUT2D eigenvalue weighted by Gasteiger charge is 1.67. The fourth-order valence-corrected chi connectivity index (χ4v) is 0.459. The van der Waals surface area contributed by atoms with E-state index in [4.69, 9.17) is 0 Å². The van der Waals surface area contributed by atoms with Crippen molar-refractivity contribution in [2.45, 2.75) is 13.8 Å². The van der Waals surface area contributed by atoms with E-state index in [2.05, 4.69) is 6.58 Å². The normalized spacial score (nSPS) is 12.2. The second-order valence-electron chi connectivity index (χ2n) is 2.12. The van der Waals surface area contributed by atoms with Crippen molar-refractivity contribution in [1.82, 2.24) is 0 Å². The van der Waals surface area contributed by atoms with Crippen molar-refractivity contribution in [3.05, 3.63) is 48.6 Å². The fraction of sp³-hybridized carbons (Fsp3) is 0.200. The lowest BCUT2D eigenvalue weighted by Crippen LogP contribution is -1.57. The molecule has 10 heavy (non-hydrogen) atoms. The Morgan fingerprint density at radius 1 is 1.10 bits per heavy atom. The van der Waals surface area contributed by atoms with E-state index in [1.54, 1.807) is 0 Å². The first kappa shape index (κ1) is 8.96. The molecule has 0 heterocycles. The number of hydrogen-bond donors (Lipinski definition) is 0. The first-order chi connectivity index (χ1) is 4.77. The average molecular weight is 134 g/mol. The van der Waals surface area contributed by atoms with Crippen LogP contribution in [0.25, 0.3) is 0 Å². The van der Waals surface area contributed by atoms with E-state index in [0.29, 0.717) is 0 Å². The van der Waals surface area contributed by atoms with Gasteiger partial charge in [-0.25, -0.2) is 0 Å². The first-order valence-corrected chi connectivity index (χ1v) is 3.39. The highest BCUT2D eigenvalue weighted by atomic mass is 13.7. The molecule has 0 aromatic rings. The Labute approximate surface area is 63.3 Å². The van der Waals surface area contributed by atoms with E-state index in [1.165, 1.54) is 0 Å². The van der Waals surface area contributed by atoms with Crippen molar-refractivity contribution in [3.8, 4) is 0 Å². The van der Waals surface area contributed by atoms with E-state index >= 15 is 0 Å². The van der Waals surface area contributed by atoms with Crippen LogP contribution in [0.3, 0.4) is 0 Å². The molecule has 0 aliphatic heterocycles. The van der Waals surface area contributed by atoms with Gasteiger partial charge in [0, 0.05) is 0 Å². The highest BCUT2D eigenvalue weighted by Crippen LogP contribution is 1.89. The molecular formula is C10H14. The van der Waals surface area contributed by atoms with Crippen LogP contribution in [0, 0.1) is 0 Å². The lowest BCUT2D eigenvalue weighted by atomic mass is 10.3. The Hall–Kier alpha value is -1.04. The molecule has 0 saturated carbocycles. The van der Waals surface area contributed by atoms with Crippen LogP contribution >= 0.6 is 0 Å². The summed E-state index contributed by atoms with van der Waals surface area (Å²) < 4.78 is 0. The molecule has 0 aliphatic carbocycles. The Kier molecular flexibility index (Phi) is 5.45. The molecule has 0 heteroatoms. The summed E-state index contributed by atoms with van der Waals surface area (Å²) in [6.07, 6.45) is 11.9. The summed E-state index contributed by atoms with van der Waals surface area (Å²) in [6, 6.07) is 0. The molecule has 0 rings (SSSR count). The molecule has 54 valence electrons. The largest absolute Gasteiger partial charge is 0.0961 e. The van der Waals surface area contributed by atoms with E-state index in [0.717, 1.165) is 5.57 Å². The van der Waals surface area contributed by atoms with Crippen LogP contribution in [0.5, 0.6) is 0 Å². The predicted octanol–water partition coefficient (Wildman–Crippen LogP) is 3.25. The zero-order valence-electron chi connectivity index (χ0n) is 6.67. The topological polar surface area (TPSA) is 0 Å². The Balaban J connectivity index is 3.62. The molecule has 0 radical (unpaired) electrons. The van der Waals surface area contributed by atoms with Crippen LogP contribution in [-0.4, -0.2) is 0 Å². The molecular weight excluding hydrogens is 120 g/mol. The van der Waals surface area contributed by atoms with Gasteiger partial charge in [-0.3, -0.25) is 0 Å². The maximum atomic E-state index is 3.73. The van der Waals surface area contributed by atoms with Crippen LogP contribution in [0.15, 0.2) is 48.6 Å². The van der Waals surface area contributed by atoms with Gasteiger partial charge in [0.1, 0.15) is 0 Å². The van der Waals surface area contributed by atoms with Gasteiger partial charge in [-0.05, 0) is 13.8 Å². The summed E-state index contributed by atoms with van der Waals surface area (Å²) in [5.41, 5.74) is 1.07. The van der Waals surface area contributed by atoms with Gasteiger partial charge in [-0.15, -0.1) is 0 Å². The minimum atomic E-state index is 1.07. The quantitative estimate of drug-likeness (QED) is 0.520. The second-order valence-corrected chi connectivity index (χ2v) is 2.12. The zero-order valence-corrected chi connectivity index (χ0v) is 6.67. The molecule has 0 aromatic carbocycles. The van der Waals surface area contributed by atoms with Gasteiger partial charge in [0.15, 0.2) is 0 Å². The SMILES string of the molecule is C=C(C)C=CC=CC=CC. The van der Waals surface area contributed by atoms with E-state index in [1.807, 2.05) is 50.3 Å². The van der Waals surface area contributed by atoms with Crippen molar-refractivity contribution in [2.24, 2.45) is 0 Å². The highest BCUT2D eigenvalue weighted by molar-refractivity contribution is 5.18. The summed E-state index contributed by atoms with van der Waals surface area (Å²) >= 11 is 0. The molecule has 0 unspecified atom stereocenters. The van der Waals surface area contributed by atoms with Crippen molar-refractivity contribution < 1.29 is 0 Å². The molecule has 0 amide bonds. The van der Waals surface area contributed by atoms with Crippen molar-refractivity contribution in [2.75, 3.05) is 0 Å². The average Bonchev–Trinajstić information content (AvgIpc) is 1.87. The molecule has 0 aliphatic rings. The molecule has 0 nitrogen and oxygen atoms in total. The van der Waals surface area contributed by atoms with Gasteiger partial charge in [0.2, 0.25) is 0 Å². The third kappa shape index (κ3) is 6.96. The fourth-order valence-electron chi connectivity index (χ4n) is 0.459. The summed E-state index contributed by atoms with van der Waals surface area (Å²) in [7, 11) is 0. The maximum absolute atomic E-state index is 3.73. The van der Waals surface area contributed by atoms with Crippen LogP contribution in [0.2, 0.25) is 0 Å². The van der Waals surface area contributed by atoms with Gasteiger partial charge in [-0.1, -0.05) is 48.6 Å². The second kappa shape index (κ2) is 6.09. The Morgan fingerprint density at radius 2 is 1.70 bits per heavy atom. The van der Waals surface area contributed by atoms with Crippen LogP contribution in [0.4, 0.5) is 0 Å². The molecule has 0 N–H and O–H groups in total. The van der Waals surface area contributed by atoms with Crippen molar-refractivity contribution >= 4 is 0 Å². The van der Waals surface area contributed by atoms with Crippen LogP contribution in [0.1, 0.15) is 13.8 Å². The maximum Gasteiger partial charge on any atom is -0.0404 e. The van der Waals surface area contributed by atoms with E-state index in [9.17, 15) is 0 Å². The van der Waals surface area contributed by atoms with Crippen LogP contribution < -0.4 is 0 Å². The summed E-state index contributed by atoms with van der Waals surface area (Å²) in [5.74, 6) is 0. The smallest absolute Gasteiger partial charge is 0.0404 e. The lowest BCUT2D eigenvalue weighted by molar-refractivity contribution is 1.56. The minimum Gasteiger partial charge on any atom is -0.0961 e. The molecule has 0 atom stereocenters. The monoisotopic (exact) mass is 134 g/mol. The lowest BCUT2D eigenvalue weighted by Gasteiger charge is -1.79. The summed E-state index contributed by atoms with van der Waals surface area (Å²) in [5, 5.41) is 0. The van der Waals surface area contributed by atoms with Gasteiger partial charge in [0.25, 0.3) is 0 Å². The van der Waals surface area contributed by atoms with Gasteiger partial charge >= 0.3 is 0 Å². The predicted molar refractivity (Wildman–Crippen MR) is 47.9 cm³/mol. The van der Waals surface area contributed by atoms with Gasteiger partial charge < -0.3 is 0 Å². The van der Waals surface area contributed by atoms with Gasteiger partial charge in [-0.2, -0.15) is 0 Å². The van der Waals surface area contributed by atoms with Crippen LogP contribution in [-0.2, 0) is 0 Å². The standard InChI is InChI=1S/C10H14/c1-4-5-6-7-8-9-10(2)3/h4-9H,2H2,1,3H3. The molecule has 0 aromatic heterocycles. The van der Waals surface area contributed by atoms with E-state index in [-0.39, 0.29) is 0 Å².